The van der Waals surface area contributed by atoms with E-state index in [0.717, 1.165) is 13.8 Å². The number of hydrogen-bond acceptors (Lipinski definition) is 2. The summed E-state index contributed by atoms with van der Waals surface area (Å²) >= 11 is 1.75. The van der Waals surface area contributed by atoms with Crippen LogP contribution >= 0.6 is 9.19 Å². The third-order valence-corrected chi connectivity index (χ3v) is 0. The van der Waals surface area contributed by atoms with Crippen molar-refractivity contribution in [1.29, 1.82) is 0 Å². The van der Waals surface area contributed by atoms with Crippen LogP contribution in [0.2, 0.25) is 0 Å². The van der Waals surface area contributed by atoms with Crippen LogP contribution in [0.4, 0.5) is 0 Å². The van der Waals surface area contributed by atoms with Crippen molar-refractivity contribution in [1.82, 2.24) is 0 Å². The van der Waals surface area contributed by atoms with E-state index in [1.807, 2.05) is 0 Å². The molecule has 0 bridgehead atoms. The Balaban J connectivity index is -0.0000000787. The molecule has 66 valence electrons. The van der Waals surface area contributed by atoms with Crippen LogP contribution in [-0.4, -0.2) is 22.2 Å². The van der Waals surface area contributed by atoms with Crippen molar-refractivity contribution in [3.05, 3.63) is 0 Å². The molecule has 2 N–H and O–H groups in total. The number of carboxylic acid groups (broad SMARTS) is 2. The van der Waals surface area contributed by atoms with Crippen molar-refractivity contribution in [2.45, 2.75) is 13.8 Å². The molecule has 0 rings (SSSR count). The van der Waals surface area contributed by atoms with Crippen LogP contribution in [0.3, 0.4) is 0 Å². The average Bonchev–Trinajstić information content (AvgIpc) is 1.66. The third kappa shape index (κ3) is 438000. The Labute approximate surface area is 74.9 Å². The number of halogens is 1. The van der Waals surface area contributed by atoms with E-state index < -0.39 is 11.9 Å². The minimum absolute atomic E-state index is 0.833. The zero-order valence-electron chi connectivity index (χ0n) is 5.39. The summed E-state index contributed by atoms with van der Waals surface area (Å²) in [6, 6.07) is 0. The fourth-order valence-electron chi connectivity index (χ4n) is 0. The molecule has 0 aromatic heterocycles. The molecule has 0 aromatic rings. The molecule has 0 aliphatic rings. The van der Waals surface area contributed by atoms with Crippen molar-refractivity contribution < 1.29 is 39.8 Å². The third-order valence-electron chi connectivity index (χ3n) is 0. The molecule has 0 aromatic carbocycles. The second-order valence-electron chi connectivity index (χ2n) is 1.04. The Morgan fingerprint density at radius 2 is 1.10 bits per heavy atom. The Bertz CT molecular complexity index is 75.3. The molecule has 0 fully saturated rings. The zero-order valence-corrected chi connectivity index (χ0v) is 8.31. The van der Waals surface area contributed by atoms with E-state index in [4.69, 9.17) is 19.8 Å². The number of carbonyl (C=O) groups is 2. The van der Waals surface area contributed by atoms with Crippen LogP contribution in [0.25, 0.3) is 0 Å². The quantitative estimate of drug-likeness (QED) is 0.635. The molecule has 0 atom stereocenters. The summed E-state index contributed by atoms with van der Waals surface area (Å²) in [7, 11) is 4.58. The molecule has 6 heteroatoms. The van der Waals surface area contributed by atoms with E-state index in [1.54, 1.807) is 20.0 Å². The summed E-state index contributed by atoms with van der Waals surface area (Å²) in [6.07, 6.45) is 0. The summed E-state index contributed by atoms with van der Waals surface area (Å²) in [5.41, 5.74) is 0. The molecular weight excluding hydrogens is 344 g/mol. The summed E-state index contributed by atoms with van der Waals surface area (Å²) in [4.78, 5) is 18.0. The molecule has 10 heavy (non-hydrogen) atoms. The minimum atomic E-state index is -0.833. The van der Waals surface area contributed by atoms with Crippen molar-refractivity contribution >= 4 is 21.1 Å². The standard InChI is InChI=1S/2C2H4O2.Au.ClH/c2*1-2(3)4;;/h2*1H3,(H,3,4);;1H/q;;+1;/p-1. The van der Waals surface area contributed by atoms with Gasteiger partial charge in [-0.15, -0.1) is 0 Å². The van der Waals surface area contributed by atoms with Crippen LogP contribution in [0.15, 0.2) is 0 Å². The van der Waals surface area contributed by atoms with Crippen molar-refractivity contribution in [3.8, 4) is 0 Å². The van der Waals surface area contributed by atoms with E-state index in [0.29, 0.717) is 0 Å². The van der Waals surface area contributed by atoms with Crippen LogP contribution in [0.5, 0.6) is 0 Å². The first-order valence-corrected chi connectivity index (χ1v) is 4.65. The summed E-state index contributed by atoms with van der Waals surface area (Å²) in [5.74, 6) is -1.67. The molecule has 0 unspecified atom stereocenters. The van der Waals surface area contributed by atoms with Gasteiger partial charge < -0.3 is 10.2 Å². The van der Waals surface area contributed by atoms with Gasteiger partial charge in [-0.25, -0.2) is 0 Å². The van der Waals surface area contributed by atoms with Gasteiger partial charge in [0.05, 0.1) is 0 Å². The fraction of sp³-hybridized carbons (Fsp3) is 0.500. The van der Waals surface area contributed by atoms with E-state index >= 15 is 0 Å². The number of carboxylic acids is 2. The van der Waals surface area contributed by atoms with E-state index in [2.05, 4.69) is 9.19 Å². The number of rotatable bonds is 0. The summed E-state index contributed by atoms with van der Waals surface area (Å²) < 4.78 is 0. The van der Waals surface area contributed by atoms with Crippen molar-refractivity contribution in [2.24, 2.45) is 0 Å². The van der Waals surface area contributed by atoms with Crippen LogP contribution in [-0.2, 0) is 29.6 Å². The molecule has 0 amide bonds. The Morgan fingerprint density at radius 1 is 1.10 bits per heavy atom. The molecule has 0 aliphatic carbocycles. The maximum absolute atomic E-state index is 9.00. The van der Waals surface area contributed by atoms with Crippen molar-refractivity contribution in [2.75, 3.05) is 0 Å². The first-order chi connectivity index (χ1) is 4.46. The molecule has 0 spiro atoms. The van der Waals surface area contributed by atoms with Gasteiger partial charge in [-0.1, -0.05) is 0 Å². The van der Waals surface area contributed by atoms with Gasteiger partial charge in [0.15, 0.2) is 0 Å². The summed E-state index contributed by atoms with van der Waals surface area (Å²) in [6.45, 7) is 2.17. The number of hydrogen-bond donors (Lipinski definition) is 2. The van der Waals surface area contributed by atoms with E-state index in [1.165, 1.54) is 0 Å². The Morgan fingerprint density at radius 3 is 1.10 bits per heavy atom. The summed E-state index contributed by atoms with van der Waals surface area (Å²) in [5, 5.41) is 14.8. The topological polar surface area (TPSA) is 74.6 Å². The molecule has 0 aliphatic heterocycles. The first-order valence-electron chi connectivity index (χ1n) is 1.97. The average molecular weight is 353 g/mol. The van der Waals surface area contributed by atoms with Gasteiger partial charge >= 0.3 is 29.2 Å². The fourth-order valence-corrected chi connectivity index (χ4v) is 0. The molecule has 0 heterocycles. The van der Waals surface area contributed by atoms with Gasteiger partial charge in [0.25, 0.3) is 11.9 Å². The molecule has 0 radical (unpaired) electrons. The van der Waals surface area contributed by atoms with Gasteiger partial charge in [-0.05, 0) is 0 Å². The van der Waals surface area contributed by atoms with Gasteiger partial charge in [0, 0.05) is 13.8 Å². The molecule has 4 nitrogen and oxygen atoms in total. The number of aliphatic carboxylic acids is 2. The monoisotopic (exact) mass is 352 g/mol. The Hall–Kier alpha value is -0.0297. The van der Waals surface area contributed by atoms with Gasteiger partial charge in [0.2, 0.25) is 0 Å². The van der Waals surface area contributed by atoms with Crippen molar-refractivity contribution in [3.63, 3.8) is 0 Å². The SMILES string of the molecule is CC(=O)O.CC(=O)O.[Cl][Au]. The Kier molecular flexibility index (Phi) is 26.4. The maximum atomic E-state index is 9.00. The van der Waals surface area contributed by atoms with Crippen LogP contribution in [0.1, 0.15) is 13.8 Å². The zero-order chi connectivity index (χ0) is 9.15. The second-order valence-corrected chi connectivity index (χ2v) is 1.04. The van der Waals surface area contributed by atoms with Gasteiger partial charge in [-0.3, -0.25) is 9.59 Å². The van der Waals surface area contributed by atoms with Gasteiger partial charge in [0.1, 0.15) is 0 Å². The second kappa shape index (κ2) is 16.0. The molecule has 0 saturated heterocycles. The normalized spacial score (nSPS) is 5.70. The predicted molar refractivity (Wildman–Crippen MR) is 32.5 cm³/mol. The first kappa shape index (κ1) is 16.5. The van der Waals surface area contributed by atoms with Crippen LogP contribution in [0, 0.1) is 0 Å². The molecule has 0 saturated carbocycles. The predicted octanol–water partition coefficient (Wildman–Crippen LogP) is 0.869. The van der Waals surface area contributed by atoms with E-state index in [-0.39, 0.29) is 0 Å². The molecular formula is C4H8AuClO4. The van der Waals surface area contributed by atoms with E-state index in [9.17, 15) is 0 Å². The van der Waals surface area contributed by atoms with Gasteiger partial charge in [-0.2, -0.15) is 0 Å². The van der Waals surface area contributed by atoms with Crippen LogP contribution < -0.4 is 0 Å².